The third-order valence-corrected chi connectivity index (χ3v) is 4.42. The van der Waals surface area contributed by atoms with Crippen LogP contribution < -0.4 is 5.56 Å². The van der Waals surface area contributed by atoms with Gasteiger partial charge in [0.15, 0.2) is 0 Å². The highest BCUT2D eigenvalue weighted by molar-refractivity contribution is 7.16. The molecule has 0 spiro atoms. The van der Waals surface area contributed by atoms with Crippen molar-refractivity contribution >= 4 is 33.1 Å². The lowest BCUT2D eigenvalue weighted by Gasteiger charge is -1.93. The summed E-state index contributed by atoms with van der Waals surface area (Å²) in [5.74, 6) is 0. The summed E-state index contributed by atoms with van der Waals surface area (Å²) in [5.41, 5.74) is 2.17. The summed E-state index contributed by atoms with van der Waals surface area (Å²) in [4.78, 5) is 12.3. The maximum Gasteiger partial charge on any atom is 0.286 e. The third-order valence-electron chi connectivity index (χ3n) is 2.48. The number of nitrogens with zero attached hydrogens (tertiary/aromatic N) is 4. The number of hydrogen-bond acceptors (Lipinski definition) is 7. The van der Waals surface area contributed by atoms with Gasteiger partial charge >= 0.3 is 0 Å². The summed E-state index contributed by atoms with van der Waals surface area (Å²) < 4.78 is 4.65. The lowest BCUT2D eigenvalue weighted by atomic mass is 10.1. The van der Waals surface area contributed by atoms with Gasteiger partial charge in [0.25, 0.3) is 5.56 Å². The summed E-state index contributed by atoms with van der Waals surface area (Å²) >= 11 is 2.49. The van der Waals surface area contributed by atoms with E-state index in [4.69, 9.17) is 5.26 Å². The topological polar surface area (TPSA) is 95.3 Å². The molecular weight excluding hydrogens is 270 g/mol. The van der Waals surface area contributed by atoms with Crippen LogP contribution in [0.3, 0.4) is 0 Å². The quantitative estimate of drug-likeness (QED) is 0.729. The van der Waals surface area contributed by atoms with Crippen LogP contribution in [0.5, 0.6) is 0 Å². The van der Waals surface area contributed by atoms with Gasteiger partial charge in [-0.25, -0.2) is 5.10 Å². The van der Waals surface area contributed by atoms with Crippen molar-refractivity contribution in [1.29, 1.82) is 5.26 Å². The van der Waals surface area contributed by atoms with E-state index in [1.165, 1.54) is 11.3 Å². The van der Waals surface area contributed by atoms with E-state index in [0.717, 1.165) is 22.0 Å². The summed E-state index contributed by atoms with van der Waals surface area (Å²) in [6.07, 6.45) is 0. The van der Waals surface area contributed by atoms with Crippen LogP contribution in [0, 0.1) is 18.3 Å². The van der Waals surface area contributed by atoms with Crippen LogP contribution in [0.4, 0.5) is 0 Å². The Kier molecular flexibility index (Phi) is 2.43. The molecule has 3 rings (SSSR count). The molecule has 0 amide bonds. The van der Waals surface area contributed by atoms with Gasteiger partial charge in [-0.05, 0) is 29.4 Å². The number of fused-ring (bicyclic) bond motifs is 1. The van der Waals surface area contributed by atoms with E-state index >= 15 is 0 Å². The number of aryl methyl sites for hydroxylation is 1. The zero-order valence-electron chi connectivity index (χ0n) is 9.09. The zero-order chi connectivity index (χ0) is 12.7. The monoisotopic (exact) mass is 275 g/mol. The molecule has 6 nitrogen and oxygen atoms in total. The maximum absolute atomic E-state index is 11.5. The zero-order valence-corrected chi connectivity index (χ0v) is 10.7. The number of aromatic nitrogens is 4. The molecule has 0 aromatic carbocycles. The molecule has 0 bridgehead atoms. The van der Waals surface area contributed by atoms with E-state index in [1.54, 1.807) is 0 Å². The van der Waals surface area contributed by atoms with Gasteiger partial charge in [0.1, 0.15) is 22.0 Å². The fourth-order valence-electron chi connectivity index (χ4n) is 1.60. The van der Waals surface area contributed by atoms with Crippen LogP contribution in [0.15, 0.2) is 10.2 Å². The SMILES string of the molecule is Cc1csc(-c2nsc3c(=O)[nH]nnc23)c1C#N. The van der Waals surface area contributed by atoms with Crippen molar-refractivity contribution in [1.82, 2.24) is 19.8 Å². The summed E-state index contributed by atoms with van der Waals surface area (Å²) in [7, 11) is 0. The average molecular weight is 275 g/mol. The average Bonchev–Trinajstić information content (AvgIpc) is 2.93. The smallest absolute Gasteiger partial charge is 0.266 e. The first-order chi connectivity index (χ1) is 8.72. The van der Waals surface area contributed by atoms with Gasteiger partial charge in [-0.15, -0.1) is 16.4 Å². The minimum absolute atomic E-state index is 0.310. The molecule has 88 valence electrons. The van der Waals surface area contributed by atoms with Gasteiger partial charge in [-0.2, -0.15) is 9.64 Å². The summed E-state index contributed by atoms with van der Waals surface area (Å²) in [6.45, 7) is 1.87. The molecule has 0 unspecified atom stereocenters. The fraction of sp³-hybridized carbons (Fsp3) is 0.100. The van der Waals surface area contributed by atoms with Crippen molar-refractivity contribution < 1.29 is 0 Å². The van der Waals surface area contributed by atoms with E-state index in [2.05, 4.69) is 25.9 Å². The number of rotatable bonds is 1. The molecule has 0 saturated carbocycles. The number of nitriles is 1. The molecular formula is C10H5N5OS2. The largest absolute Gasteiger partial charge is 0.286 e. The third kappa shape index (κ3) is 1.45. The van der Waals surface area contributed by atoms with Crippen molar-refractivity contribution in [2.24, 2.45) is 0 Å². The fourth-order valence-corrected chi connectivity index (χ4v) is 3.37. The molecule has 3 aromatic heterocycles. The highest BCUT2D eigenvalue weighted by atomic mass is 32.1. The molecule has 0 aliphatic carbocycles. The van der Waals surface area contributed by atoms with Crippen molar-refractivity contribution in [2.45, 2.75) is 6.92 Å². The normalized spacial score (nSPS) is 10.7. The molecule has 0 saturated heterocycles. The van der Waals surface area contributed by atoms with Crippen LogP contribution in [-0.4, -0.2) is 19.8 Å². The minimum Gasteiger partial charge on any atom is -0.266 e. The number of aromatic amines is 1. The Morgan fingerprint density at radius 3 is 3.11 bits per heavy atom. The van der Waals surface area contributed by atoms with Crippen LogP contribution in [0.2, 0.25) is 0 Å². The Bertz CT molecular complexity index is 838. The first-order valence-corrected chi connectivity index (χ1v) is 6.57. The second-order valence-electron chi connectivity index (χ2n) is 3.58. The number of nitrogens with one attached hydrogen (secondary N) is 1. The highest BCUT2D eigenvalue weighted by Crippen LogP contribution is 2.35. The Balaban J connectivity index is 2.37. The van der Waals surface area contributed by atoms with Crippen LogP contribution in [0.25, 0.3) is 20.8 Å². The van der Waals surface area contributed by atoms with Gasteiger partial charge in [0, 0.05) is 0 Å². The van der Waals surface area contributed by atoms with Crippen molar-refractivity contribution in [3.05, 3.63) is 26.9 Å². The Hall–Kier alpha value is -2.11. The van der Waals surface area contributed by atoms with Crippen LogP contribution in [-0.2, 0) is 0 Å². The van der Waals surface area contributed by atoms with E-state index < -0.39 is 0 Å². The first-order valence-electron chi connectivity index (χ1n) is 4.91. The van der Waals surface area contributed by atoms with Gasteiger partial charge in [0.2, 0.25) is 0 Å². The molecule has 3 heterocycles. The van der Waals surface area contributed by atoms with Crippen LogP contribution in [0.1, 0.15) is 11.1 Å². The van der Waals surface area contributed by atoms with Crippen molar-refractivity contribution in [3.63, 3.8) is 0 Å². The lowest BCUT2D eigenvalue weighted by molar-refractivity contribution is 0.875. The Morgan fingerprint density at radius 2 is 2.33 bits per heavy atom. The van der Waals surface area contributed by atoms with E-state index in [-0.39, 0.29) is 5.56 Å². The minimum atomic E-state index is -0.310. The van der Waals surface area contributed by atoms with Crippen molar-refractivity contribution in [3.8, 4) is 16.6 Å². The number of hydrogen-bond donors (Lipinski definition) is 1. The van der Waals surface area contributed by atoms with Crippen molar-refractivity contribution in [2.75, 3.05) is 0 Å². The predicted octanol–water partition coefficient (Wildman–Crippen LogP) is 1.68. The number of H-pyrrole nitrogens is 1. The predicted molar refractivity (Wildman–Crippen MR) is 68.6 cm³/mol. The molecule has 0 aliphatic heterocycles. The lowest BCUT2D eigenvalue weighted by Crippen LogP contribution is -2.07. The van der Waals surface area contributed by atoms with E-state index in [1.807, 2.05) is 12.3 Å². The molecule has 0 radical (unpaired) electrons. The molecule has 0 aliphatic rings. The molecule has 0 atom stereocenters. The second-order valence-corrected chi connectivity index (χ2v) is 5.24. The molecule has 0 fully saturated rings. The van der Waals surface area contributed by atoms with Gasteiger partial charge in [-0.1, -0.05) is 5.21 Å². The van der Waals surface area contributed by atoms with Gasteiger partial charge in [0.05, 0.1) is 10.4 Å². The maximum atomic E-state index is 11.5. The molecule has 1 N–H and O–H groups in total. The Morgan fingerprint density at radius 1 is 1.50 bits per heavy atom. The Labute approximate surface area is 109 Å². The standard InChI is InChI=1S/C10H5N5OS2/c1-4-3-17-8(5(4)2-11)7-6-9(18-14-7)10(16)13-15-12-6/h3H,1H3,(H,12,13,16). The van der Waals surface area contributed by atoms with Gasteiger partial charge < -0.3 is 0 Å². The van der Waals surface area contributed by atoms with E-state index in [9.17, 15) is 4.79 Å². The van der Waals surface area contributed by atoms with E-state index in [0.29, 0.717) is 21.5 Å². The summed E-state index contributed by atoms with van der Waals surface area (Å²) in [6, 6.07) is 2.15. The highest BCUT2D eigenvalue weighted by Gasteiger charge is 2.18. The van der Waals surface area contributed by atoms with Gasteiger partial charge in [-0.3, -0.25) is 4.79 Å². The molecule has 18 heavy (non-hydrogen) atoms. The summed E-state index contributed by atoms with van der Waals surface area (Å²) in [5, 5.41) is 20.7. The molecule has 8 heteroatoms. The molecule has 3 aromatic rings. The first kappa shape index (κ1) is 11.0. The number of thiophene rings is 1. The second kappa shape index (κ2) is 3.97. The van der Waals surface area contributed by atoms with Crippen LogP contribution >= 0.6 is 22.9 Å².